The van der Waals surface area contributed by atoms with E-state index in [0.717, 1.165) is 25.9 Å². The molecular formula is C18H26N2O2. The lowest BCUT2D eigenvalue weighted by Crippen LogP contribution is -2.40. The molecule has 0 amide bonds. The average Bonchev–Trinajstić information content (AvgIpc) is 2.57. The minimum Gasteiger partial charge on any atom is -0.353 e. The molecular weight excluding hydrogens is 276 g/mol. The van der Waals surface area contributed by atoms with Gasteiger partial charge in [0.15, 0.2) is 6.29 Å². The molecule has 2 unspecified atom stereocenters. The zero-order valence-corrected chi connectivity index (χ0v) is 13.5. The van der Waals surface area contributed by atoms with Gasteiger partial charge in [0, 0.05) is 13.2 Å². The summed E-state index contributed by atoms with van der Waals surface area (Å²) in [5.41, 5.74) is 1.19. The van der Waals surface area contributed by atoms with Gasteiger partial charge in [0.05, 0.1) is 12.0 Å². The molecule has 1 saturated heterocycles. The lowest BCUT2D eigenvalue weighted by Gasteiger charge is -2.29. The van der Waals surface area contributed by atoms with E-state index in [1.807, 2.05) is 25.1 Å². The fourth-order valence-corrected chi connectivity index (χ4v) is 2.61. The number of hydrogen-bond acceptors (Lipinski definition) is 3. The summed E-state index contributed by atoms with van der Waals surface area (Å²) >= 11 is 0. The van der Waals surface area contributed by atoms with Gasteiger partial charge in [-0.05, 0) is 31.7 Å². The Balaban J connectivity index is 1.82. The van der Waals surface area contributed by atoms with E-state index in [1.54, 1.807) is 0 Å². The van der Waals surface area contributed by atoms with Crippen LogP contribution in [-0.4, -0.2) is 25.2 Å². The van der Waals surface area contributed by atoms with Crippen LogP contribution in [-0.2, 0) is 16.0 Å². The van der Waals surface area contributed by atoms with Gasteiger partial charge in [-0.1, -0.05) is 37.3 Å². The van der Waals surface area contributed by atoms with Gasteiger partial charge >= 0.3 is 0 Å². The number of nitrogens with zero attached hydrogens (tertiary/aromatic N) is 1. The van der Waals surface area contributed by atoms with Gasteiger partial charge in [-0.3, -0.25) is 4.85 Å². The van der Waals surface area contributed by atoms with Crippen LogP contribution in [0.1, 0.15) is 38.7 Å². The summed E-state index contributed by atoms with van der Waals surface area (Å²) in [5.74, 6) is 0.103. The predicted molar refractivity (Wildman–Crippen MR) is 87.0 cm³/mol. The van der Waals surface area contributed by atoms with E-state index in [9.17, 15) is 0 Å². The van der Waals surface area contributed by atoms with E-state index in [-0.39, 0.29) is 24.5 Å². The SMILES string of the molecule is [C-]#[N+]C(NCc1ccccc1)[C@@H](C)[C@H](C)OC1CCCCO1. The van der Waals surface area contributed by atoms with Gasteiger partial charge in [0.1, 0.15) is 0 Å². The molecule has 1 fully saturated rings. The maximum Gasteiger partial charge on any atom is 0.282 e. The summed E-state index contributed by atoms with van der Waals surface area (Å²) in [6.07, 6.45) is 2.87. The summed E-state index contributed by atoms with van der Waals surface area (Å²) in [6.45, 7) is 13.0. The Morgan fingerprint density at radius 1 is 1.32 bits per heavy atom. The highest BCUT2D eigenvalue weighted by Gasteiger charge is 2.30. The van der Waals surface area contributed by atoms with Gasteiger partial charge < -0.3 is 9.47 Å². The van der Waals surface area contributed by atoms with E-state index in [2.05, 4.69) is 29.2 Å². The summed E-state index contributed by atoms with van der Waals surface area (Å²) in [5, 5.41) is 3.33. The molecule has 4 nitrogen and oxygen atoms in total. The standard InChI is InChI=1S/C18H26N2O2/c1-14(15(2)22-17-11-7-8-12-21-17)18(19-3)20-13-16-9-5-4-6-10-16/h4-6,9-10,14-15,17-18,20H,7-8,11-13H2,1-2H3/t14-,15-,17?,18?/m0/s1. The first kappa shape index (κ1) is 17.0. The Morgan fingerprint density at radius 3 is 2.73 bits per heavy atom. The fourth-order valence-electron chi connectivity index (χ4n) is 2.61. The molecule has 1 N–H and O–H groups in total. The Kier molecular flexibility index (Phi) is 6.85. The largest absolute Gasteiger partial charge is 0.353 e. The molecule has 1 aliphatic heterocycles. The van der Waals surface area contributed by atoms with E-state index in [1.165, 1.54) is 5.56 Å². The topological polar surface area (TPSA) is 34.9 Å². The maximum atomic E-state index is 7.44. The summed E-state index contributed by atoms with van der Waals surface area (Å²) in [7, 11) is 0. The predicted octanol–water partition coefficient (Wildman–Crippen LogP) is 3.59. The summed E-state index contributed by atoms with van der Waals surface area (Å²) < 4.78 is 11.6. The van der Waals surface area contributed by atoms with Crippen LogP contribution < -0.4 is 5.32 Å². The van der Waals surface area contributed by atoms with Crippen LogP contribution in [0.25, 0.3) is 4.85 Å². The van der Waals surface area contributed by atoms with E-state index in [0.29, 0.717) is 6.54 Å². The molecule has 1 heterocycles. The van der Waals surface area contributed by atoms with Crippen molar-refractivity contribution in [3.05, 3.63) is 47.3 Å². The molecule has 1 aliphatic rings. The molecule has 2 rings (SSSR count). The van der Waals surface area contributed by atoms with Crippen LogP contribution in [0.15, 0.2) is 30.3 Å². The lowest BCUT2D eigenvalue weighted by atomic mass is 10.0. The first-order chi connectivity index (χ1) is 10.7. The van der Waals surface area contributed by atoms with Crippen molar-refractivity contribution in [2.75, 3.05) is 6.61 Å². The van der Waals surface area contributed by atoms with Crippen LogP contribution in [0.2, 0.25) is 0 Å². The van der Waals surface area contributed by atoms with Crippen molar-refractivity contribution in [2.24, 2.45) is 5.92 Å². The monoisotopic (exact) mass is 302 g/mol. The molecule has 4 heteroatoms. The molecule has 1 aromatic carbocycles. The highest BCUT2D eigenvalue weighted by atomic mass is 16.7. The second-order valence-electron chi connectivity index (χ2n) is 5.94. The molecule has 4 atom stereocenters. The van der Waals surface area contributed by atoms with Crippen LogP contribution in [0.5, 0.6) is 0 Å². The third kappa shape index (κ3) is 5.10. The highest BCUT2D eigenvalue weighted by molar-refractivity contribution is 5.14. The Morgan fingerprint density at radius 2 is 2.09 bits per heavy atom. The van der Waals surface area contributed by atoms with Crippen molar-refractivity contribution in [3.63, 3.8) is 0 Å². The van der Waals surface area contributed by atoms with Crippen molar-refractivity contribution >= 4 is 0 Å². The van der Waals surface area contributed by atoms with Gasteiger partial charge in [0.2, 0.25) is 0 Å². The number of hydrogen-bond donors (Lipinski definition) is 1. The maximum absolute atomic E-state index is 7.44. The Bertz CT molecular complexity index is 466. The molecule has 0 aromatic heterocycles. The zero-order valence-electron chi connectivity index (χ0n) is 13.5. The van der Waals surface area contributed by atoms with Crippen molar-refractivity contribution in [3.8, 4) is 0 Å². The first-order valence-corrected chi connectivity index (χ1v) is 8.11. The van der Waals surface area contributed by atoms with Crippen LogP contribution >= 0.6 is 0 Å². The van der Waals surface area contributed by atoms with Crippen molar-refractivity contribution in [1.29, 1.82) is 0 Å². The molecule has 0 spiro atoms. The van der Waals surface area contributed by atoms with Crippen molar-refractivity contribution in [1.82, 2.24) is 5.32 Å². The summed E-state index contributed by atoms with van der Waals surface area (Å²) in [4.78, 5) is 3.74. The van der Waals surface area contributed by atoms with Gasteiger partial charge in [0.25, 0.3) is 6.17 Å². The lowest BCUT2D eigenvalue weighted by molar-refractivity contribution is -0.194. The molecule has 0 aliphatic carbocycles. The second kappa shape index (κ2) is 8.89. The molecule has 1 aromatic rings. The summed E-state index contributed by atoms with van der Waals surface area (Å²) in [6, 6.07) is 10.2. The Labute approximate surface area is 133 Å². The molecule has 0 radical (unpaired) electrons. The number of rotatable bonds is 7. The normalized spacial score (nSPS) is 22.5. The minimum atomic E-state index is -0.251. The van der Waals surface area contributed by atoms with Crippen molar-refractivity contribution in [2.45, 2.75) is 58.2 Å². The van der Waals surface area contributed by atoms with Crippen LogP contribution in [0.4, 0.5) is 0 Å². The minimum absolute atomic E-state index is 0.00882. The van der Waals surface area contributed by atoms with Crippen LogP contribution in [0.3, 0.4) is 0 Å². The van der Waals surface area contributed by atoms with Gasteiger partial charge in [-0.15, -0.1) is 0 Å². The zero-order chi connectivity index (χ0) is 15.8. The number of benzene rings is 1. The molecule has 22 heavy (non-hydrogen) atoms. The third-order valence-corrected chi connectivity index (χ3v) is 4.24. The second-order valence-corrected chi connectivity index (χ2v) is 5.94. The molecule has 0 bridgehead atoms. The van der Waals surface area contributed by atoms with Gasteiger partial charge in [-0.2, -0.15) is 0 Å². The smallest absolute Gasteiger partial charge is 0.282 e. The highest BCUT2D eigenvalue weighted by Crippen LogP contribution is 2.20. The van der Waals surface area contributed by atoms with Gasteiger partial charge in [-0.25, -0.2) is 11.9 Å². The fraction of sp³-hybridized carbons (Fsp3) is 0.611. The Hall–Kier alpha value is -1.41. The third-order valence-electron chi connectivity index (χ3n) is 4.24. The first-order valence-electron chi connectivity index (χ1n) is 8.11. The van der Waals surface area contributed by atoms with Crippen molar-refractivity contribution < 1.29 is 9.47 Å². The van der Waals surface area contributed by atoms with Crippen LogP contribution in [0, 0.1) is 12.5 Å². The van der Waals surface area contributed by atoms with E-state index in [4.69, 9.17) is 16.0 Å². The quantitative estimate of drug-likeness (QED) is 0.782. The molecule has 0 saturated carbocycles. The molecule has 120 valence electrons. The van der Waals surface area contributed by atoms with E-state index < -0.39 is 0 Å². The number of nitrogens with one attached hydrogen (secondary N) is 1. The average molecular weight is 302 g/mol. The van der Waals surface area contributed by atoms with E-state index >= 15 is 0 Å². The number of ether oxygens (including phenoxy) is 2.